The van der Waals surface area contributed by atoms with Crippen LogP contribution in [0.4, 0.5) is 10.5 Å². The molecule has 160 valence electrons. The van der Waals surface area contributed by atoms with Gasteiger partial charge < -0.3 is 20.1 Å². The second kappa shape index (κ2) is 9.38. The van der Waals surface area contributed by atoms with Crippen LogP contribution in [-0.2, 0) is 0 Å². The molecule has 0 bridgehead atoms. The van der Waals surface area contributed by atoms with Gasteiger partial charge in [0.05, 0.1) is 17.8 Å². The second-order valence-electron chi connectivity index (χ2n) is 7.42. The first-order valence-corrected chi connectivity index (χ1v) is 10.2. The molecule has 2 aromatic heterocycles. The monoisotopic (exact) mass is 421 g/mol. The molecule has 2 amide bonds. The summed E-state index contributed by atoms with van der Waals surface area (Å²) >= 11 is 0. The van der Waals surface area contributed by atoms with Gasteiger partial charge in [-0.2, -0.15) is 0 Å². The first kappa shape index (κ1) is 20.5. The van der Waals surface area contributed by atoms with Gasteiger partial charge in [-0.25, -0.2) is 14.8 Å². The van der Waals surface area contributed by atoms with E-state index in [1.165, 1.54) is 17.3 Å². The molecule has 3 aromatic rings. The summed E-state index contributed by atoms with van der Waals surface area (Å²) in [6.45, 7) is 1.65. The summed E-state index contributed by atoms with van der Waals surface area (Å²) in [5.74, 6) is 0.723. The van der Waals surface area contributed by atoms with Gasteiger partial charge in [-0.15, -0.1) is 0 Å². The highest BCUT2D eigenvalue weighted by Gasteiger charge is 2.22. The van der Waals surface area contributed by atoms with E-state index in [0.29, 0.717) is 42.6 Å². The molecule has 0 radical (unpaired) electrons. The summed E-state index contributed by atoms with van der Waals surface area (Å²) in [6.07, 6.45) is 6.37. The zero-order valence-corrected chi connectivity index (χ0v) is 16.9. The molecule has 9 nitrogen and oxygen atoms in total. The van der Waals surface area contributed by atoms with E-state index < -0.39 is 12.0 Å². The van der Waals surface area contributed by atoms with Gasteiger partial charge in [0.25, 0.3) is 5.91 Å². The Bertz CT molecular complexity index is 1070. The molecule has 1 fully saturated rings. The summed E-state index contributed by atoms with van der Waals surface area (Å²) in [7, 11) is 0. The number of likely N-dealkylation sites (tertiary alicyclic amines) is 1. The van der Waals surface area contributed by atoms with Crippen molar-refractivity contribution in [3.8, 4) is 5.75 Å². The highest BCUT2D eigenvalue weighted by molar-refractivity contribution is 6.06. The number of amides is 2. The number of pyridine rings is 1. The highest BCUT2D eigenvalue weighted by atomic mass is 16.5. The van der Waals surface area contributed by atoms with Crippen LogP contribution in [0.2, 0.25) is 0 Å². The molecule has 2 N–H and O–H groups in total. The van der Waals surface area contributed by atoms with Gasteiger partial charge in [0, 0.05) is 43.1 Å². The number of aromatic nitrogens is 3. The molecule has 0 saturated carbocycles. The lowest BCUT2D eigenvalue weighted by Crippen LogP contribution is -2.37. The number of carboxylic acid groups (broad SMARTS) is 1. The Balaban J connectivity index is 1.42. The molecule has 1 saturated heterocycles. The Hall–Kier alpha value is -3.75. The van der Waals surface area contributed by atoms with E-state index in [0.717, 1.165) is 24.6 Å². The smallest absolute Gasteiger partial charge is 0.407 e. The fourth-order valence-electron chi connectivity index (χ4n) is 3.69. The van der Waals surface area contributed by atoms with Crippen LogP contribution >= 0.6 is 0 Å². The van der Waals surface area contributed by atoms with E-state index in [1.54, 1.807) is 18.3 Å². The Morgan fingerprint density at radius 3 is 2.58 bits per heavy atom. The summed E-state index contributed by atoms with van der Waals surface area (Å²) in [6, 6.07) is 9.03. The number of nitrogens with zero attached hydrogens (tertiary/aromatic N) is 4. The van der Waals surface area contributed by atoms with Crippen LogP contribution in [0.25, 0.3) is 10.9 Å². The minimum Gasteiger partial charge on any atom is -0.493 e. The van der Waals surface area contributed by atoms with E-state index in [-0.39, 0.29) is 5.82 Å². The molecule has 1 aliphatic rings. The van der Waals surface area contributed by atoms with Crippen molar-refractivity contribution < 1.29 is 19.4 Å². The predicted octanol–water partition coefficient (Wildman–Crippen LogP) is 3.44. The molecule has 4 rings (SSSR count). The largest absolute Gasteiger partial charge is 0.493 e. The number of hydrogen-bond acceptors (Lipinski definition) is 6. The quantitative estimate of drug-likeness (QED) is 0.626. The van der Waals surface area contributed by atoms with E-state index in [4.69, 9.17) is 9.84 Å². The number of nitrogens with one attached hydrogen (secondary N) is 1. The third-order valence-electron chi connectivity index (χ3n) is 5.38. The SMILES string of the molecule is O=C(Nc1cc(OCCC2CCN(C(=O)O)CC2)cc2cccnc12)c1ncccn1. The molecule has 3 heterocycles. The standard InChI is InChI=1S/C22H23N5O4/c28-21(20-24-8-2-9-25-20)26-18-14-17(13-16-3-1-7-23-19(16)18)31-12-6-15-4-10-27(11-5-15)22(29)30/h1-3,7-9,13-15H,4-6,10-12H2,(H,26,28)(H,29,30). The van der Waals surface area contributed by atoms with Crippen LogP contribution in [0.3, 0.4) is 0 Å². The van der Waals surface area contributed by atoms with Crippen molar-refractivity contribution in [1.29, 1.82) is 0 Å². The zero-order valence-electron chi connectivity index (χ0n) is 16.9. The minimum absolute atomic E-state index is 0.0746. The van der Waals surface area contributed by atoms with Crippen LogP contribution in [0.15, 0.2) is 48.9 Å². The van der Waals surface area contributed by atoms with Gasteiger partial charge >= 0.3 is 6.09 Å². The van der Waals surface area contributed by atoms with Gasteiger partial charge in [0.2, 0.25) is 5.82 Å². The molecule has 0 unspecified atom stereocenters. The van der Waals surface area contributed by atoms with Crippen molar-refractivity contribution in [3.05, 3.63) is 54.7 Å². The molecule has 0 aliphatic carbocycles. The zero-order chi connectivity index (χ0) is 21.6. The van der Waals surface area contributed by atoms with E-state index in [1.807, 2.05) is 18.2 Å². The average molecular weight is 421 g/mol. The summed E-state index contributed by atoms with van der Waals surface area (Å²) in [4.78, 5) is 37.3. The molecule has 0 spiro atoms. The third-order valence-corrected chi connectivity index (χ3v) is 5.38. The van der Waals surface area contributed by atoms with Crippen molar-refractivity contribution in [2.75, 3.05) is 25.0 Å². The molecule has 0 atom stereocenters. The van der Waals surface area contributed by atoms with Crippen molar-refractivity contribution in [2.45, 2.75) is 19.3 Å². The fraction of sp³-hybridized carbons (Fsp3) is 0.318. The molecular formula is C22H23N5O4. The van der Waals surface area contributed by atoms with Crippen molar-refractivity contribution in [1.82, 2.24) is 19.9 Å². The van der Waals surface area contributed by atoms with Gasteiger partial charge in [-0.05, 0) is 43.4 Å². The van der Waals surface area contributed by atoms with Crippen molar-refractivity contribution in [3.63, 3.8) is 0 Å². The summed E-state index contributed by atoms with van der Waals surface area (Å²) in [5.41, 5.74) is 1.18. The van der Waals surface area contributed by atoms with Gasteiger partial charge in [-0.1, -0.05) is 6.07 Å². The lowest BCUT2D eigenvalue weighted by Gasteiger charge is -2.29. The first-order chi connectivity index (χ1) is 15.1. The number of fused-ring (bicyclic) bond motifs is 1. The molecule has 1 aliphatic heterocycles. The van der Waals surface area contributed by atoms with Crippen LogP contribution in [0.1, 0.15) is 29.9 Å². The van der Waals surface area contributed by atoms with Gasteiger partial charge in [-0.3, -0.25) is 9.78 Å². The number of hydrogen-bond donors (Lipinski definition) is 2. The Morgan fingerprint density at radius 2 is 1.84 bits per heavy atom. The number of carbonyl (C=O) groups excluding carboxylic acids is 1. The normalized spacial score (nSPS) is 14.4. The van der Waals surface area contributed by atoms with Crippen molar-refractivity contribution in [2.24, 2.45) is 5.92 Å². The third kappa shape index (κ3) is 5.06. The highest BCUT2D eigenvalue weighted by Crippen LogP contribution is 2.29. The Morgan fingerprint density at radius 1 is 1.10 bits per heavy atom. The van der Waals surface area contributed by atoms with Crippen LogP contribution in [0.5, 0.6) is 5.75 Å². The molecular weight excluding hydrogens is 398 g/mol. The number of ether oxygens (including phenoxy) is 1. The van der Waals surface area contributed by atoms with Gasteiger partial charge in [0.15, 0.2) is 0 Å². The van der Waals surface area contributed by atoms with Crippen LogP contribution < -0.4 is 10.1 Å². The molecule has 31 heavy (non-hydrogen) atoms. The predicted molar refractivity (Wildman–Crippen MR) is 114 cm³/mol. The fourth-order valence-corrected chi connectivity index (χ4v) is 3.69. The van der Waals surface area contributed by atoms with Gasteiger partial charge in [0.1, 0.15) is 5.75 Å². The average Bonchev–Trinajstić information content (AvgIpc) is 2.80. The number of carbonyl (C=O) groups is 2. The lowest BCUT2D eigenvalue weighted by atomic mass is 9.94. The number of piperidine rings is 1. The summed E-state index contributed by atoms with van der Waals surface area (Å²) < 4.78 is 5.98. The molecule has 9 heteroatoms. The van der Waals surface area contributed by atoms with E-state index >= 15 is 0 Å². The summed E-state index contributed by atoms with van der Waals surface area (Å²) in [5, 5.41) is 12.7. The Labute approximate surface area is 179 Å². The maximum atomic E-state index is 12.5. The topological polar surface area (TPSA) is 118 Å². The number of anilines is 1. The minimum atomic E-state index is -0.852. The van der Waals surface area contributed by atoms with E-state index in [9.17, 15) is 9.59 Å². The lowest BCUT2D eigenvalue weighted by molar-refractivity contribution is 0.101. The molecule has 1 aromatic carbocycles. The Kier molecular flexibility index (Phi) is 6.21. The second-order valence-corrected chi connectivity index (χ2v) is 7.42. The number of benzene rings is 1. The van der Waals surface area contributed by atoms with E-state index in [2.05, 4.69) is 20.3 Å². The maximum Gasteiger partial charge on any atom is 0.407 e. The number of rotatable bonds is 6. The van der Waals surface area contributed by atoms with Crippen LogP contribution in [0, 0.1) is 5.92 Å². The van der Waals surface area contributed by atoms with Crippen molar-refractivity contribution >= 4 is 28.6 Å². The first-order valence-electron chi connectivity index (χ1n) is 10.2. The maximum absolute atomic E-state index is 12.5. The van der Waals surface area contributed by atoms with Crippen LogP contribution in [-0.4, -0.2) is 56.7 Å².